The van der Waals surface area contributed by atoms with Crippen molar-refractivity contribution in [3.63, 3.8) is 0 Å². The topological polar surface area (TPSA) is 104 Å². The number of nitrogens with one attached hydrogen (secondary N) is 3. The fourth-order valence-corrected chi connectivity index (χ4v) is 4.47. The van der Waals surface area contributed by atoms with E-state index in [-0.39, 0.29) is 16.8 Å². The van der Waals surface area contributed by atoms with E-state index in [1.807, 2.05) is 37.3 Å². The van der Waals surface area contributed by atoms with Crippen molar-refractivity contribution in [1.29, 1.82) is 0 Å². The maximum Gasteiger partial charge on any atom is 0.261 e. The summed E-state index contributed by atoms with van der Waals surface area (Å²) in [4.78, 5) is 20.7. The van der Waals surface area contributed by atoms with E-state index >= 15 is 0 Å². The minimum absolute atomic E-state index is 0.172. The van der Waals surface area contributed by atoms with E-state index < -0.39 is 10.0 Å². The van der Waals surface area contributed by atoms with Crippen molar-refractivity contribution >= 4 is 21.6 Å². The minimum Gasteiger partial charge on any atom is -0.342 e. The number of anilines is 1. The summed E-state index contributed by atoms with van der Waals surface area (Å²) in [7, 11) is -3.69. The highest BCUT2D eigenvalue weighted by molar-refractivity contribution is 7.92. The van der Waals surface area contributed by atoms with Gasteiger partial charge in [0.05, 0.1) is 22.8 Å². The molecule has 3 aromatic carbocycles. The van der Waals surface area contributed by atoms with Crippen LogP contribution >= 0.6 is 0 Å². The molecular formula is C25H24N4O3S. The standard InChI is InChI=1S/C25H24N4O3S/c1-2-22(24-26-17-23(27-24)18-9-5-3-6-10-18)28-25(30)19-13-15-20(16-14-19)29-33(31,32)21-11-7-4-8-12-21/h3-17,22,29H,2H2,1H3,(H,26,27)(H,28,30). The van der Waals surface area contributed by atoms with Crippen LogP contribution in [0.2, 0.25) is 0 Å². The van der Waals surface area contributed by atoms with Crippen LogP contribution in [-0.2, 0) is 10.0 Å². The molecule has 8 heteroatoms. The Morgan fingerprint density at radius 2 is 1.58 bits per heavy atom. The molecule has 0 radical (unpaired) electrons. The van der Waals surface area contributed by atoms with Crippen LogP contribution in [0.4, 0.5) is 5.69 Å². The van der Waals surface area contributed by atoms with Gasteiger partial charge in [-0.2, -0.15) is 0 Å². The predicted molar refractivity (Wildman–Crippen MR) is 128 cm³/mol. The molecule has 0 aliphatic carbocycles. The maximum absolute atomic E-state index is 12.8. The van der Waals surface area contributed by atoms with E-state index in [2.05, 4.69) is 20.0 Å². The normalized spacial score (nSPS) is 12.2. The van der Waals surface area contributed by atoms with Crippen LogP contribution < -0.4 is 10.0 Å². The summed E-state index contributed by atoms with van der Waals surface area (Å²) in [6.07, 6.45) is 2.41. The first-order valence-electron chi connectivity index (χ1n) is 10.6. The van der Waals surface area contributed by atoms with Crippen molar-refractivity contribution in [1.82, 2.24) is 15.3 Å². The molecule has 7 nitrogen and oxygen atoms in total. The van der Waals surface area contributed by atoms with Crippen molar-refractivity contribution in [2.24, 2.45) is 0 Å². The molecule has 0 spiro atoms. The molecule has 0 saturated heterocycles. The number of hydrogen-bond donors (Lipinski definition) is 3. The molecule has 0 saturated carbocycles. The lowest BCUT2D eigenvalue weighted by atomic mass is 10.1. The average molecular weight is 461 g/mol. The largest absolute Gasteiger partial charge is 0.342 e. The molecule has 0 bridgehead atoms. The van der Waals surface area contributed by atoms with Gasteiger partial charge in [0, 0.05) is 11.3 Å². The summed E-state index contributed by atoms with van der Waals surface area (Å²) in [5, 5.41) is 2.99. The zero-order valence-corrected chi connectivity index (χ0v) is 18.8. The zero-order valence-electron chi connectivity index (χ0n) is 18.0. The van der Waals surface area contributed by atoms with Gasteiger partial charge in [0.1, 0.15) is 5.82 Å². The number of aromatic nitrogens is 2. The van der Waals surface area contributed by atoms with Gasteiger partial charge in [-0.25, -0.2) is 13.4 Å². The molecule has 0 aliphatic rings. The number of imidazole rings is 1. The first-order valence-corrected chi connectivity index (χ1v) is 12.0. The van der Waals surface area contributed by atoms with Gasteiger partial charge < -0.3 is 10.3 Å². The van der Waals surface area contributed by atoms with Crippen molar-refractivity contribution in [3.8, 4) is 11.3 Å². The number of rotatable bonds is 8. The quantitative estimate of drug-likeness (QED) is 0.353. The van der Waals surface area contributed by atoms with E-state index in [0.717, 1.165) is 11.3 Å². The molecule has 1 unspecified atom stereocenters. The number of sulfonamides is 1. The maximum atomic E-state index is 12.8. The highest BCUT2D eigenvalue weighted by atomic mass is 32.2. The van der Waals surface area contributed by atoms with Gasteiger partial charge in [0.2, 0.25) is 0 Å². The van der Waals surface area contributed by atoms with Crippen LogP contribution in [-0.4, -0.2) is 24.3 Å². The first-order chi connectivity index (χ1) is 16.0. The summed E-state index contributed by atoms with van der Waals surface area (Å²) in [6.45, 7) is 1.97. The van der Waals surface area contributed by atoms with Gasteiger partial charge in [-0.3, -0.25) is 9.52 Å². The van der Waals surface area contributed by atoms with Gasteiger partial charge in [0.15, 0.2) is 0 Å². The third-order valence-corrected chi connectivity index (χ3v) is 6.57. The third-order valence-electron chi connectivity index (χ3n) is 5.18. The molecule has 1 heterocycles. The third kappa shape index (κ3) is 5.30. The summed E-state index contributed by atoms with van der Waals surface area (Å²) >= 11 is 0. The molecule has 1 atom stereocenters. The smallest absolute Gasteiger partial charge is 0.261 e. The number of H-pyrrole nitrogens is 1. The Bertz CT molecular complexity index is 1320. The Hall–Kier alpha value is -3.91. The Morgan fingerprint density at radius 3 is 2.21 bits per heavy atom. The highest BCUT2D eigenvalue weighted by Crippen LogP contribution is 2.21. The molecule has 33 heavy (non-hydrogen) atoms. The molecule has 0 fully saturated rings. The van der Waals surface area contributed by atoms with Crippen molar-refractivity contribution in [2.45, 2.75) is 24.3 Å². The predicted octanol–water partition coefficient (Wildman–Crippen LogP) is 4.76. The number of nitrogens with zero attached hydrogens (tertiary/aromatic N) is 1. The van der Waals surface area contributed by atoms with E-state index in [1.165, 1.54) is 12.1 Å². The van der Waals surface area contributed by atoms with Crippen LogP contribution in [0.1, 0.15) is 35.6 Å². The Morgan fingerprint density at radius 1 is 0.939 bits per heavy atom. The molecule has 1 aromatic heterocycles. The highest BCUT2D eigenvalue weighted by Gasteiger charge is 2.18. The molecule has 4 rings (SSSR count). The zero-order chi connectivity index (χ0) is 23.3. The molecule has 0 aliphatic heterocycles. The van der Waals surface area contributed by atoms with Gasteiger partial charge in [-0.15, -0.1) is 0 Å². The number of carbonyl (C=O) groups excluding carboxylic acids is 1. The first kappa shape index (κ1) is 22.3. The number of hydrogen-bond acceptors (Lipinski definition) is 4. The fraction of sp³-hybridized carbons (Fsp3) is 0.120. The van der Waals surface area contributed by atoms with Crippen LogP contribution in [0.5, 0.6) is 0 Å². The van der Waals surface area contributed by atoms with Crippen LogP contribution in [0.25, 0.3) is 11.3 Å². The van der Waals surface area contributed by atoms with E-state index in [0.29, 0.717) is 23.5 Å². The van der Waals surface area contributed by atoms with Crippen LogP contribution in [0.3, 0.4) is 0 Å². The molecule has 4 aromatic rings. The Kier molecular flexibility index (Phi) is 6.55. The van der Waals surface area contributed by atoms with Crippen molar-refractivity contribution in [3.05, 3.63) is 103 Å². The SMILES string of the molecule is CCC(NC(=O)c1ccc(NS(=O)(=O)c2ccccc2)cc1)c1ncc(-c2ccccc2)[nH]1. The van der Waals surface area contributed by atoms with Crippen LogP contribution in [0, 0.1) is 0 Å². The van der Waals surface area contributed by atoms with Crippen molar-refractivity contribution in [2.75, 3.05) is 4.72 Å². The molecule has 1 amide bonds. The second kappa shape index (κ2) is 9.70. The van der Waals surface area contributed by atoms with Crippen LogP contribution in [0.15, 0.2) is 96.0 Å². The lowest BCUT2D eigenvalue weighted by Crippen LogP contribution is -2.28. The monoisotopic (exact) mass is 460 g/mol. The number of benzene rings is 3. The lowest BCUT2D eigenvalue weighted by molar-refractivity contribution is 0.0934. The van der Waals surface area contributed by atoms with E-state index in [4.69, 9.17) is 0 Å². The minimum atomic E-state index is -3.69. The summed E-state index contributed by atoms with van der Waals surface area (Å²) < 4.78 is 27.5. The van der Waals surface area contributed by atoms with Gasteiger partial charge in [0.25, 0.3) is 15.9 Å². The Balaban J connectivity index is 1.43. The van der Waals surface area contributed by atoms with Crippen molar-refractivity contribution < 1.29 is 13.2 Å². The van der Waals surface area contributed by atoms with Gasteiger partial charge in [-0.05, 0) is 48.4 Å². The molecule has 3 N–H and O–H groups in total. The summed E-state index contributed by atoms with van der Waals surface area (Å²) in [5.74, 6) is 0.411. The van der Waals surface area contributed by atoms with Gasteiger partial charge in [-0.1, -0.05) is 55.5 Å². The number of aromatic amines is 1. The van der Waals surface area contributed by atoms with E-state index in [1.54, 1.807) is 48.7 Å². The second-order valence-electron chi connectivity index (χ2n) is 7.48. The average Bonchev–Trinajstić information content (AvgIpc) is 3.34. The number of amides is 1. The second-order valence-corrected chi connectivity index (χ2v) is 9.16. The van der Waals surface area contributed by atoms with E-state index in [9.17, 15) is 13.2 Å². The Labute approximate surface area is 193 Å². The molecule has 168 valence electrons. The van der Waals surface area contributed by atoms with Gasteiger partial charge >= 0.3 is 0 Å². The summed E-state index contributed by atoms with van der Waals surface area (Å²) in [5.41, 5.74) is 2.70. The fourth-order valence-electron chi connectivity index (χ4n) is 3.39. The molecular weight excluding hydrogens is 436 g/mol. The lowest BCUT2D eigenvalue weighted by Gasteiger charge is -2.15. The number of carbonyl (C=O) groups is 1. The summed E-state index contributed by atoms with van der Waals surface area (Å²) in [6, 6.07) is 24.0.